The quantitative estimate of drug-likeness (QED) is 0.572. The summed E-state index contributed by atoms with van der Waals surface area (Å²) in [6.45, 7) is 13.1. The first-order valence-corrected chi connectivity index (χ1v) is 5.49. The van der Waals surface area contributed by atoms with Crippen molar-refractivity contribution in [1.82, 2.24) is 0 Å². The van der Waals surface area contributed by atoms with Crippen LogP contribution in [0.1, 0.15) is 53.9 Å². The van der Waals surface area contributed by atoms with Crippen LogP contribution in [-0.2, 0) is 4.74 Å². The topological polar surface area (TPSA) is 9.23 Å². The van der Waals surface area contributed by atoms with Crippen LogP contribution in [0.4, 0.5) is 0 Å². The predicted molar refractivity (Wildman–Crippen MR) is 59.0 cm³/mol. The van der Waals surface area contributed by atoms with Crippen LogP contribution in [-0.4, -0.2) is 13.2 Å². The lowest BCUT2D eigenvalue weighted by Crippen LogP contribution is -2.06. The van der Waals surface area contributed by atoms with E-state index in [-0.39, 0.29) is 0 Å². The molecule has 0 heterocycles. The van der Waals surface area contributed by atoms with Crippen molar-refractivity contribution in [3.63, 3.8) is 0 Å². The molecular formula is C12H26O. The average molecular weight is 186 g/mol. The van der Waals surface area contributed by atoms with E-state index in [1.165, 1.54) is 19.3 Å². The molecule has 0 bridgehead atoms. The summed E-state index contributed by atoms with van der Waals surface area (Å²) in [5.41, 5.74) is 0.484. The molecule has 0 aromatic heterocycles. The highest BCUT2D eigenvalue weighted by Crippen LogP contribution is 2.21. The van der Waals surface area contributed by atoms with Crippen molar-refractivity contribution in [2.75, 3.05) is 13.2 Å². The van der Waals surface area contributed by atoms with E-state index in [4.69, 9.17) is 4.74 Å². The van der Waals surface area contributed by atoms with E-state index < -0.39 is 0 Å². The van der Waals surface area contributed by atoms with Gasteiger partial charge >= 0.3 is 0 Å². The van der Waals surface area contributed by atoms with E-state index in [9.17, 15) is 0 Å². The summed E-state index contributed by atoms with van der Waals surface area (Å²) < 4.78 is 5.51. The Bertz CT molecular complexity index is 111. The molecule has 1 heteroatoms. The van der Waals surface area contributed by atoms with Gasteiger partial charge in [-0.25, -0.2) is 0 Å². The first-order valence-electron chi connectivity index (χ1n) is 5.49. The summed E-state index contributed by atoms with van der Waals surface area (Å²) in [7, 11) is 0. The van der Waals surface area contributed by atoms with Gasteiger partial charge in [0.1, 0.15) is 0 Å². The highest BCUT2D eigenvalue weighted by atomic mass is 16.5. The Kier molecular flexibility index (Phi) is 6.40. The van der Waals surface area contributed by atoms with Gasteiger partial charge in [-0.3, -0.25) is 0 Å². The van der Waals surface area contributed by atoms with Crippen LogP contribution in [0.2, 0.25) is 0 Å². The molecule has 0 saturated heterocycles. The van der Waals surface area contributed by atoms with E-state index in [1.807, 2.05) is 0 Å². The van der Waals surface area contributed by atoms with Crippen LogP contribution in [0.5, 0.6) is 0 Å². The van der Waals surface area contributed by atoms with Gasteiger partial charge in [0.15, 0.2) is 0 Å². The maximum Gasteiger partial charge on any atom is 0.0488 e. The molecule has 0 atom stereocenters. The van der Waals surface area contributed by atoms with E-state index >= 15 is 0 Å². The van der Waals surface area contributed by atoms with Crippen molar-refractivity contribution in [3.8, 4) is 0 Å². The Morgan fingerprint density at radius 2 is 1.69 bits per heavy atom. The third-order valence-electron chi connectivity index (χ3n) is 1.92. The van der Waals surface area contributed by atoms with Crippen LogP contribution >= 0.6 is 0 Å². The van der Waals surface area contributed by atoms with Gasteiger partial charge in [-0.15, -0.1) is 0 Å². The van der Waals surface area contributed by atoms with Gasteiger partial charge in [0.25, 0.3) is 0 Å². The van der Waals surface area contributed by atoms with Crippen molar-refractivity contribution >= 4 is 0 Å². The monoisotopic (exact) mass is 186 g/mol. The van der Waals surface area contributed by atoms with Crippen LogP contribution in [0, 0.1) is 11.3 Å². The van der Waals surface area contributed by atoms with Crippen LogP contribution in [0.15, 0.2) is 0 Å². The van der Waals surface area contributed by atoms with Crippen molar-refractivity contribution in [2.45, 2.75) is 53.9 Å². The van der Waals surface area contributed by atoms with E-state index in [1.54, 1.807) is 0 Å². The summed E-state index contributed by atoms with van der Waals surface area (Å²) in [5.74, 6) is 0.669. The molecule has 0 aromatic rings. The number of hydrogen-bond donors (Lipinski definition) is 0. The molecule has 0 fully saturated rings. The Hall–Kier alpha value is -0.0400. The lowest BCUT2D eigenvalue weighted by molar-refractivity contribution is 0.104. The zero-order valence-electron chi connectivity index (χ0n) is 10.0. The molecule has 0 radical (unpaired) electrons. The SMILES string of the molecule is CC(C)COCCCCC(C)(C)C. The third kappa shape index (κ3) is 12.0. The van der Waals surface area contributed by atoms with E-state index in [0.29, 0.717) is 11.3 Å². The number of unbranched alkanes of at least 4 members (excludes halogenated alkanes) is 1. The summed E-state index contributed by atoms with van der Waals surface area (Å²) in [4.78, 5) is 0. The maximum absolute atomic E-state index is 5.51. The van der Waals surface area contributed by atoms with Crippen molar-refractivity contribution in [2.24, 2.45) is 11.3 Å². The van der Waals surface area contributed by atoms with Gasteiger partial charge < -0.3 is 4.74 Å². The highest BCUT2D eigenvalue weighted by molar-refractivity contribution is 4.60. The zero-order chi connectivity index (χ0) is 10.3. The second-order valence-corrected chi connectivity index (χ2v) is 5.49. The molecule has 80 valence electrons. The molecular weight excluding hydrogens is 160 g/mol. The number of hydrogen-bond acceptors (Lipinski definition) is 1. The largest absolute Gasteiger partial charge is 0.381 e. The minimum atomic E-state index is 0.484. The molecule has 0 aliphatic rings. The zero-order valence-corrected chi connectivity index (χ0v) is 10.0. The third-order valence-corrected chi connectivity index (χ3v) is 1.92. The molecule has 0 aromatic carbocycles. The van der Waals surface area contributed by atoms with Crippen LogP contribution < -0.4 is 0 Å². The lowest BCUT2D eigenvalue weighted by atomic mass is 9.90. The fraction of sp³-hybridized carbons (Fsp3) is 1.00. The molecule has 0 aliphatic heterocycles. The first kappa shape index (κ1) is 13.0. The molecule has 0 aliphatic carbocycles. The van der Waals surface area contributed by atoms with E-state index in [0.717, 1.165) is 13.2 Å². The van der Waals surface area contributed by atoms with E-state index in [2.05, 4.69) is 34.6 Å². The Labute approximate surface area is 83.9 Å². The van der Waals surface area contributed by atoms with Gasteiger partial charge in [0.05, 0.1) is 0 Å². The van der Waals surface area contributed by atoms with Gasteiger partial charge in [0.2, 0.25) is 0 Å². The normalized spacial score (nSPS) is 12.5. The smallest absolute Gasteiger partial charge is 0.0488 e. The molecule has 0 saturated carbocycles. The Morgan fingerprint density at radius 3 is 2.15 bits per heavy atom. The fourth-order valence-corrected chi connectivity index (χ4v) is 1.18. The summed E-state index contributed by atoms with van der Waals surface area (Å²) in [6.07, 6.45) is 3.81. The van der Waals surface area contributed by atoms with Crippen LogP contribution in [0.3, 0.4) is 0 Å². The molecule has 0 unspecified atom stereocenters. The second-order valence-electron chi connectivity index (χ2n) is 5.49. The predicted octanol–water partition coefficient (Wildman–Crippen LogP) is 3.88. The minimum absolute atomic E-state index is 0.484. The molecule has 0 N–H and O–H groups in total. The molecule has 1 nitrogen and oxygen atoms in total. The summed E-state index contributed by atoms with van der Waals surface area (Å²) in [5, 5.41) is 0. The minimum Gasteiger partial charge on any atom is -0.381 e. The summed E-state index contributed by atoms with van der Waals surface area (Å²) in [6, 6.07) is 0. The molecule has 0 spiro atoms. The molecule has 13 heavy (non-hydrogen) atoms. The van der Waals surface area contributed by atoms with Gasteiger partial charge in [-0.1, -0.05) is 41.0 Å². The number of ether oxygens (including phenoxy) is 1. The molecule has 0 amide bonds. The van der Waals surface area contributed by atoms with Crippen molar-refractivity contribution in [3.05, 3.63) is 0 Å². The first-order chi connectivity index (χ1) is 5.92. The number of rotatable bonds is 6. The molecule has 0 rings (SSSR count). The standard InChI is InChI=1S/C12H26O/c1-11(2)10-13-9-7-6-8-12(3,4)5/h11H,6-10H2,1-5H3. The Morgan fingerprint density at radius 1 is 1.08 bits per heavy atom. The average Bonchev–Trinajstić information content (AvgIpc) is 1.93. The van der Waals surface area contributed by atoms with Crippen molar-refractivity contribution < 1.29 is 4.74 Å². The maximum atomic E-state index is 5.51. The van der Waals surface area contributed by atoms with Gasteiger partial charge in [0, 0.05) is 13.2 Å². The highest BCUT2D eigenvalue weighted by Gasteiger charge is 2.08. The second kappa shape index (κ2) is 6.42. The lowest BCUT2D eigenvalue weighted by Gasteiger charge is -2.17. The van der Waals surface area contributed by atoms with Gasteiger partial charge in [-0.05, 0) is 24.2 Å². The fourth-order valence-electron chi connectivity index (χ4n) is 1.18. The van der Waals surface area contributed by atoms with Gasteiger partial charge in [-0.2, -0.15) is 0 Å². The van der Waals surface area contributed by atoms with Crippen molar-refractivity contribution in [1.29, 1.82) is 0 Å². The Balaban J connectivity index is 3.09. The summed E-state index contributed by atoms with van der Waals surface area (Å²) >= 11 is 0. The van der Waals surface area contributed by atoms with Crippen LogP contribution in [0.25, 0.3) is 0 Å².